The lowest BCUT2D eigenvalue weighted by Gasteiger charge is -2.40. The molecule has 4 atom stereocenters. The van der Waals surface area contributed by atoms with Crippen LogP contribution in [0, 0.1) is 22.6 Å². The number of benzene rings is 2. The van der Waals surface area contributed by atoms with Gasteiger partial charge in [-0.2, -0.15) is 10.4 Å². The van der Waals surface area contributed by atoms with E-state index in [1.807, 2.05) is 43.9 Å². The van der Waals surface area contributed by atoms with Gasteiger partial charge < -0.3 is 46.9 Å². The van der Waals surface area contributed by atoms with Crippen LogP contribution in [-0.4, -0.2) is 111 Å². The molecule has 0 saturated carbocycles. The van der Waals surface area contributed by atoms with Crippen LogP contribution in [0.2, 0.25) is 0 Å². The van der Waals surface area contributed by atoms with Crippen molar-refractivity contribution in [3.63, 3.8) is 0 Å². The fourth-order valence-corrected chi connectivity index (χ4v) is 9.76. The average molecular weight is 990 g/mol. The highest BCUT2D eigenvalue weighted by Gasteiger charge is 2.42. The first-order valence-electron chi connectivity index (χ1n) is 24.9. The molecule has 7 rings (SSSR count). The SMILES string of the molecule is CN[C@@H](C)C(=O)N[C@H](C(=O)N1Cc2cc(OCCCCCCCCC(=O)NCCn3nc4c(c3C#N)-c3cnc(N)c(n3)N3CCC[C@@H]3c3cc(F)ccc3C(=O)N(C)C4)ccc2C[C@H]1C(N)=O)C(C)(C)C. The number of halogens is 1. The molecular formula is C52H68FN13O6. The number of rotatable bonds is 18. The zero-order valence-electron chi connectivity index (χ0n) is 42.2. The molecule has 0 aliphatic carbocycles. The van der Waals surface area contributed by atoms with Crippen LogP contribution in [0.1, 0.15) is 130 Å². The van der Waals surface area contributed by atoms with Gasteiger partial charge in [0.25, 0.3) is 5.91 Å². The minimum atomic E-state index is -0.881. The number of nitrogen functional groups attached to an aromatic ring is 1. The fourth-order valence-electron chi connectivity index (χ4n) is 9.76. The van der Waals surface area contributed by atoms with Crippen molar-refractivity contribution in [1.29, 1.82) is 5.26 Å². The van der Waals surface area contributed by atoms with E-state index in [1.165, 1.54) is 38.9 Å². The standard InChI is InChI=1S/C52H68FN13O6/c1-31(57-5)49(69)61-45(52(2,3)4)51(71)65-29-33-24-35(18-16-32(33)25-41(65)47(56)68)72-23-12-10-8-7-9-11-15-43(67)58-20-22-66-42(27-54)44-38-28-59-46(55)48(60-38)64-21-13-14-40(64)37-26-34(53)17-19-36(37)50(70)63(6)30-39(44)62-66/h16-19,24,26,28,31,40-41,45,57H,7-15,20-23,25,29-30H2,1-6H3,(H2,55,59)(H2,56,68)(H,58,67)(H,61,69)/t31-,40+,41-,45+/m0/s1. The van der Waals surface area contributed by atoms with Crippen molar-refractivity contribution in [3.05, 3.63) is 82.1 Å². The van der Waals surface area contributed by atoms with Crippen molar-refractivity contribution >= 4 is 41.2 Å². The summed E-state index contributed by atoms with van der Waals surface area (Å²) in [6.45, 7) is 8.98. The maximum absolute atomic E-state index is 14.7. The summed E-state index contributed by atoms with van der Waals surface area (Å²) in [4.78, 5) is 80.7. The summed E-state index contributed by atoms with van der Waals surface area (Å²) in [5.41, 5.74) is 15.7. The highest BCUT2D eigenvalue weighted by atomic mass is 19.1. The Morgan fingerprint density at radius 1 is 1.03 bits per heavy atom. The predicted octanol–water partition coefficient (Wildman–Crippen LogP) is 4.66. The van der Waals surface area contributed by atoms with Crippen LogP contribution in [-0.2, 0) is 45.2 Å². The van der Waals surface area contributed by atoms with Crippen LogP contribution >= 0.6 is 0 Å². The Labute approximate surface area is 420 Å². The first-order valence-corrected chi connectivity index (χ1v) is 24.9. The number of primary amides is 1. The Morgan fingerprint density at radius 3 is 2.50 bits per heavy atom. The van der Waals surface area contributed by atoms with Crippen LogP contribution < -0.4 is 37.1 Å². The maximum Gasteiger partial charge on any atom is 0.254 e. The summed E-state index contributed by atoms with van der Waals surface area (Å²) in [5.74, 6) is -0.934. The number of ether oxygens (including phenoxy) is 1. The molecule has 3 aliphatic heterocycles. The van der Waals surface area contributed by atoms with Gasteiger partial charge in [0.15, 0.2) is 11.6 Å². The molecule has 20 heteroatoms. The third kappa shape index (κ3) is 12.0. The van der Waals surface area contributed by atoms with E-state index in [2.05, 4.69) is 27.0 Å². The summed E-state index contributed by atoms with van der Waals surface area (Å²) >= 11 is 0. The van der Waals surface area contributed by atoms with E-state index in [9.17, 15) is 33.6 Å². The molecule has 5 heterocycles. The molecule has 5 amide bonds. The first-order chi connectivity index (χ1) is 34.4. The monoisotopic (exact) mass is 990 g/mol. The fraction of sp³-hybridized carbons (Fsp3) is 0.519. The van der Waals surface area contributed by atoms with Crippen molar-refractivity contribution in [1.82, 2.24) is 45.5 Å². The van der Waals surface area contributed by atoms with E-state index >= 15 is 0 Å². The van der Waals surface area contributed by atoms with E-state index in [-0.39, 0.29) is 73.8 Å². The van der Waals surface area contributed by atoms with Gasteiger partial charge in [0.2, 0.25) is 23.6 Å². The summed E-state index contributed by atoms with van der Waals surface area (Å²) in [5, 5.41) is 24.0. The molecule has 384 valence electrons. The molecular weight excluding hydrogens is 922 g/mol. The molecule has 2 aromatic heterocycles. The van der Waals surface area contributed by atoms with Gasteiger partial charge >= 0.3 is 0 Å². The van der Waals surface area contributed by atoms with Crippen molar-refractivity contribution in [2.45, 2.75) is 136 Å². The van der Waals surface area contributed by atoms with Crippen LogP contribution in [0.5, 0.6) is 5.75 Å². The number of nitrogens with two attached hydrogens (primary N) is 2. The number of anilines is 2. The van der Waals surface area contributed by atoms with Crippen LogP contribution in [0.15, 0.2) is 42.6 Å². The largest absolute Gasteiger partial charge is 0.494 e. The Hall–Kier alpha value is -7.14. The van der Waals surface area contributed by atoms with Gasteiger partial charge in [0, 0.05) is 45.1 Å². The van der Waals surface area contributed by atoms with Gasteiger partial charge in [-0.25, -0.2) is 14.4 Å². The first kappa shape index (κ1) is 52.7. The Morgan fingerprint density at radius 2 is 1.78 bits per heavy atom. The number of aromatic nitrogens is 4. The Bertz CT molecular complexity index is 2710. The summed E-state index contributed by atoms with van der Waals surface area (Å²) < 4.78 is 22.3. The number of hydrogen-bond acceptors (Lipinski definition) is 13. The van der Waals surface area contributed by atoms with E-state index < -0.39 is 35.3 Å². The molecule has 4 aromatic rings. The number of amides is 5. The molecule has 19 nitrogen and oxygen atoms in total. The molecule has 3 aliphatic rings. The molecule has 7 N–H and O–H groups in total. The van der Waals surface area contributed by atoms with Crippen molar-refractivity contribution in [3.8, 4) is 23.1 Å². The second kappa shape index (κ2) is 22.9. The Balaban J connectivity index is 0.868. The highest BCUT2D eigenvalue weighted by molar-refractivity contribution is 5.96. The minimum absolute atomic E-state index is 0.0290. The molecule has 0 unspecified atom stereocenters. The molecule has 1 saturated heterocycles. The maximum atomic E-state index is 14.7. The number of carbonyl (C=O) groups is 5. The molecule has 2 aromatic carbocycles. The minimum Gasteiger partial charge on any atom is -0.494 e. The van der Waals surface area contributed by atoms with Gasteiger partial charge in [-0.05, 0) is 92.1 Å². The summed E-state index contributed by atoms with van der Waals surface area (Å²) in [6.07, 6.45) is 8.85. The number of fused-ring (bicyclic) bond motifs is 9. The van der Waals surface area contributed by atoms with E-state index in [4.69, 9.17) is 26.3 Å². The van der Waals surface area contributed by atoms with Gasteiger partial charge in [-0.15, -0.1) is 0 Å². The number of nitriles is 1. The van der Waals surface area contributed by atoms with Crippen LogP contribution in [0.3, 0.4) is 0 Å². The van der Waals surface area contributed by atoms with Crippen molar-refractivity contribution < 1.29 is 33.1 Å². The molecule has 2 bridgehead atoms. The predicted molar refractivity (Wildman–Crippen MR) is 268 cm³/mol. The summed E-state index contributed by atoms with van der Waals surface area (Å²) in [6, 6.07) is 9.53. The molecule has 0 radical (unpaired) electrons. The third-order valence-electron chi connectivity index (χ3n) is 13.9. The van der Waals surface area contributed by atoms with Crippen molar-refractivity contribution in [2.75, 3.05) is 44.4 Å². The lowest BCUT2D eigenvalue weighted by Crippen LogP contribution is -2.61. The van der Waals surface area contributed by atoms with Gasteiger partial charge in [-0.1, -0.05) is 52.5 Å². The smallest absolute Gasteiger partial charge is 0.254 e. The van der Waals surface area contributed by atoms with Crippen LogP contribution in [0.25, 0.3) is 11.3 Å². The van der Waals surface area contributed by atoms with E-state index in [1.54, 1.807) is 21.0 Å². The molecule has 0 spiro atoms. The van der Waals surface area contributed by atoms with Crippen molar-refractivity contribution in [2.24, 2.45) is 11.1 Å². The van der Waals surface area contributed by atoms with E-state index in [0.29, 0.717) is 65.6 Å². The third-order valence-corrected chi connectivity index (χ3v) is 13.9. The second-order valence-electron chi connectivity index (χ2n) is 20.1. The van der Waals surface area contributed by atoms with Gasteiger partial charge in [0.1, 0.15) is 35.4 Å². The second-order valence-corrected chi connectivity index (χ2v) is 20.1. The molecule has 1 fully saturated rings. The highest BCUT2D eigenvalue weighted by Crippen LogP contribution is 2.41. The van der Waals surface area contributed by atoms with Gasteiger partial charge in [0.05, 0.1) is 54.9 Å². The van der Waals surface area contributed by atoms with Gasteiger partial charge in [-0.3, -0.25) is 28.7 Å². The zero-order valence-corrected chi connectivity index (χ0v) is 42.2. The Kier molecular flexibility index (Phi) is 16.8. The number of nitrogens with one attached hydrogen (secondary N) is 3. The zero-order chi connectivity index (χ0) is 51.9. The lowest BCUT2D eigenvalue weighted by atomic mass is 9.84. The number of unbranched alkanes of at least 4 members (excludes halogenated alkanes) is 5. The number of hydrogen-bond donors (Lipinski definition) is 5. The topological polar surface area (TPSA) is 260 Å². The summed E-state index contributed by atoms with van der Waals surface area (Å²) in [7, 11) is 3.31. The number of nitrogens with zero attached hydrogens (tertiary/aromatic N) is 8. The number of likely N-dealkylation sites (N-methyl/N-ethyl adjacent to an activating group) is 1. The lowest BCUT2D eigenvalue weighted by molar-refractivity contribution is -0.146. The molecule has 72 heavy (non-hydrogen) atoms. The van der Waals surface area contributed by atoms with Crippen LogP contribution in [0.4, 0.5) is 16.0 Å². The number of carbonyl (C=O) groups excluding carboxylic acids is 5. The average Bonchev–Trinajstić information content (AvgIpc) is 3.98. The normalized spacial score (nSPS) is 17.2. The quantitative estimate of drug-likeness (QED) is 0.0851. The van der Waals surface area contributed by atoms with E-state index in [0.717, 1.165) is 56.1 Å².